The summed E-state index contributed by atoms with van der Waals surface area (Å²) in [7, 11) is 0. The van der Waals surface area contributed by atoms with Crippen LogP contribution in [0, 0.1) is 23.7 Å². The normalized spacial score (nSPS) is 36.4. The zero-order valence-electron chi connectivity index (χ0n) is 20.6. The van der Waals surface area contributed by atoms with Gasteiger partial charge in [0.05, 0.1) is 5.92 Å². The number of nitrogens with zero attached hydrogens (tertiary/aromatic N) is 4. The number of fused-ring (bicyclic) bond motifs is 3. The van der Waals surface area contributed by atoms with Crippen molar-refractivity contribution in [3.63, 3.8) is 0 Å². The molecule has 9 heteroatoms. The second-order valence-corrected chi connectivity index (χ2v) is 11.0. The van der Waals surface area contributed by atoms with E-state index < -0.39 is 0 Å². The van der Waals surface area contributed by atoms with Crippen molar-refractivity contribution in [3.8, 4) is 0 Å². The van der Waals surface area contributed by atoms with Crippen LogP contribution < -0.4 is 15.6 Å². The highest BCUT2D eigenvalue weighted by Gasteiger charge is 2.55. The fourth-order valence-electron chi connectivity index (χ4n) is 7.25. The molecule has 0 radical (unpaired) electrons. The molecule has 190 valence electrons. The van der Waals surface area contributed by atoms with Crippen LogP contribution in [-0.4, -0.2) is 90.8 Å². The SMILES string of the molecule is CC1CC2NC(=O)C3CNN(C4CCOCC4)C3C2CC1C(=O)N1CCN(c2ccccn2)CC1. The summed E-state index contributed by atoms with van der Waals surface area (Å²) in [6, 6.07) is 6.71. The Labute approximate surface area is 207 Å². The number of rotatable bonds is 3. The molecule has 1 aromatic heterocycles. The molecule has 1 saturated carbocycles. The third-order valence-electron chi connectivity index (χ3n) is 9.15. The van der Waals surface area contributed by atoms with Crippen molar-refractivity contribution in [2.45, 2.75) is 50.7 Å². The molecule has 6 unspecified atom stereocenters. The van der Waals surface area contributed by atoms with E-state index in [1.54, 1.807) is 0 Å². The molecule has 1 aromatic rings. The molecule has 2 amide bonds. The fraction of sp³-hybridized carbons (Fsp3) is 0.731. The Kier molecular flexibility index (Phi) is 6.41. The molecule has 4 aliphatic heterocycles. The molecule has 1 aliphatic carbocycles. The van der Waals surface area contributed by atoms with Gasteiger partial charge in [-0.15, -0.1) is 0 Å². The van der Waals surface area contributed by atoms with E-state index in [0.29, 0.717) is 24.4 Å². The van der Waals surface area contributed by atoms with E-state index in [1.165, 1.54) is 0 Å². The van der Waals surface area contributed by atoms with Gasteiger partial charge in [0.1, 0.15) is 5.82 Å². The minimum Gasteiger partial charge on any atom is -0.381 e. The average molecular weight is 483 g/mol. The van der Waals surface area contributed by atoms with Crippen LogP contribution in [-0.2, 0) is 14.3 Å². The maximum atomic E-state index is 13.8. The second-order valence-electron chi connectivity index (χ2n) is 11.0. The number of piperazine rings is 1. The van der Waals surface area contributed by atoms with Crippen LogP contribution in [0.25, 0.3) is 0 Å². The topological polar surface area (TPSA) is 90.0 Å². The van der Waals surface area contributed by atoms with Crippen LogP contribution in [0.1, 0.15) is 32.6 Å². The first-order valence-corrected chi connectivity index (χ1v) is 13.4. The number of ether oxygens (including phenoxy) is 1. The Hall–Kier alpha value is -2.23. The lowest BCUT2D eigenvalue weighted by Crippen LogP contribution is -2.64. The van der Waals surface area contributed by atoms with E-state index in [4.69, 9.17) is 4.74 Å². The minimum absolute atomic E-state index is 0.0189. The van der Waals surface area contributed by atoms with E-state index >= 15 is 0 Å². The van der Waals surface area contributed by atoms with Gasteiger partial charge in [0, 0.05) is 76.2 Å². The minimum atomic E-state index is -0.0369. The number of nitrogens with one attached hydrogen (secondary N) is 2. The number of amides is 2. The molecule has 5 fully saturated rings. The van der Waals surface area contributed by atoms with Crippen LogP contribution in [0.15, 0.2) is 24.4 Å². The number of carbonyl (C=O) groups excluding carboxylic acids is 2. The Morgan fingerprint density at radius 2 is 1.91 bits per heavy atom. The summed E-state index contributed by atoms with van der Waals surface area (Å²) >= 11 is 0. The predicted molar refractivity (Wildman–Crippen MR) is 131 cm³/mol. The number of aromatic nitrogens is 1. The Morgan fingerprint density at radius 1 is 1.11 bits per heavy atom. The second kappa shape index (κ2) is 9.67. The van der Waals surface area contributed by atoms with Crippen molar-refractivity contribution in [3.05, 3.63) is 24.4 Å². The van der Waals surface area contributed by atoms with E-state index in [9.17, 15) is 9.59 Å². The lowest BCUT2D eigenvalue weighted by Gasteiger charge is -2.50. The van der Waals surface area contributed by atoms with Crippen LogP contribution in [0.4, 0.5) is 5.82 Å². The van der Waals surface area contributed by atoms with Gasteiger partial charge >= 0.3 is 0 Å². The van der Waals surface area contributed by atoms with E-state index in [0.717, 1.165) is 70.9 Å². The fourth-order valence-corrected chi connectivity index (χ4v) is 7.25. The van der Waals surface area contributed by atoms with Crippen molar-refractivity contribution < 1.29 is 14.3 Å². The van der Waals surface area contributed by atoms with Gasteiger partial charge in [0.25, 0.3) is 0 Å². The summed E-state index contributed by atoms with van der Waals surface area (Å²) in [6.07, 6.45) is 5.55. The molecule has 0 bridgehead atoms. The van der Waals surface area contributed by atoms with Gasteiger partial charge < -0.3 is 19.9 Å². The number of hydrogen-bond donors (Lipinski definition) is 2. The highest BCUT2D eigenvalue weighted by atomic mass is 16.5. The molecule has 5 heterocycles. The van der Waals surface area contributed by atoms with E-state index in [2.05, 4.69) is 37.5 Å². The zero-order valence-corrected chi connectivity index (χ0v) is 20.6. The van der Waals surface area contributed by atoms with Crippen molar-refractivity contribution in [2.75, 3.05) is 50.8 Å². The molecule has 2 N–H and O–H groups in total. The standard InChI is InChI=1S/C26H38N6O3/c1-17-14-22-20(24-21(25(33)29-22)16-28-32(24)18-5-12-35-13-6-18)15-19(17)26(34)31-10-8-30(9-11-31)23-4-2-3-7-27-23/h2-4,7,17-22,24,28H,5-6,8-16H2,1H3,(H,29,33). The van der Waals surface area contributed by atoms with Crippen LogP contribution in [0.2, 0.25) is 0 Å². The van der Waals surface area contributed by atoms with Crippen molar-refractivity contribution in [2.24, 2.45) is 23.7 Å². The maximum absolute atomic E-state index is 13.8. The summed E-state index contributed by atoms with van der Waals surface area (Å²) in [5.41, 5.74) is 3.58. The highest BCUT2D eigenvalue weighted by molar-refractivity contribution is 5.82. The summed E-state index contributed by atoms with van der Waals surface area (Å²) in [5, 5.41) is 5.73. The van der Waals surface area contributed by atoms with Gasteiger partial charge in [-0.2, -0.15) is 0 Å². The third kappa shape index (κ3) is 4.32. The Balaban J connectivity index is 1.15. The summed E-state index contributed by atoms with van der Waals surface area (Å²) < 4.78 is 5.60. The van der Waals surface area contributed by atoms with Gasteiger partial charge in [-0.3, -0.25) is 15.0 Å². The number of hydrogen-bond acceptors (Lipinski definition) is 7. The average Bonchev–Trinajstić information content (AvgIpc) is 3.35. The molecule has 0 aromatic carbocycles. The van der Waals surface area contributed by atoms with Gasteiger partial charge in [-0.1, -0.05) is 13.0 Å². The number of piperidine rings is 1. The van der Waals surface area contributed by atoms with Crippen LogP contribution >= 0.6 is 0 Å². The lowest BCUT2D eigenvalue weighted by atomic mass is 9.65. The summed E-state index contributed by atoms with van der Waals surface area (Å²) in [4.78, 5) is 35.6. The maximum Gasteiger partial charge on any atom is 0.226 e. The molecule has 6 atom stereocenters. The van der Waals surface area contributed by atoms with Crippen molar-refractivity contribution in [1.29, 1.82) is 0 Å². The smallest absolute Gasteiger partial charge is 0.226 e. The van der Waals surface area contributed by atoms with Crippen molar-refractivity contribution >= 4 is 17.6 Å². The molecule has 5 aliphatic rings. The van der Waals surface area contributed by atoms with Crippen LogP contribution in [0.5, 0.6) is 0 Å². The first-order valence-electron chi connectivity index (χ1n) is 13.4. The van der Waals surface area contributed by atoms with Gasteiger partial charge in [0.2, 0.25) is 11.8 Å². The number of anilines is 1. The van der Waals surface area contributed by atoms with Gasteiger partial charge in [-0.25, -0.2) is 9.99 Å². The highest BCUT2D eigenvalue weighted by Crippen LogP contribution is 2.44. The molecule has 35 heavy (non-hydrogen) atoms. The quantitative estimate of drug-likeness (QED) is 0.661. The Morgan fingerprint density at radius 3 is 2.66 bits per heavy atom. The number of carbonyl (C=O) groups is 2. The largest absolute Gasteiger partial charge is 0.381 e. The molecular formula is C26H38N6O3. The first kappa shape index (κ1) is 23.2. The van der Waals surface area contributed by atoms with Gasteiger partial charge in [-0.05, 0) is 49.7 Å². The zero-order chi connectivity index (χ0) is 23.9. The molecule has 6 rings (SSSR count). The molecule has 4 saturated heterocycles. The first-order chi connectivity index (χ1) is 17.1. The van der Waals surface area contributed by atoms with Gasteiger partial charge in [0.15, 0.2) is 0 Å². The molecular weight excluding hydrogens is 444 g/mol. The van der Waals surface area contributed by atoms with Crippen molar-refractivity contribution in [1.82, 2.24) is 25.6 Å². The predicted octanol–water partition coefficient (Wildman–Crippen LogP) is 0.875. The summed E-state index contributed by atoms with van der Waals surface area (Å²) in [5.74, 6) is 2.01. The molecule has 0 spiro atoms. The third-order valence-corrected chi connectivity index (χ3v) is 9.15. The molecule has 9 nitrogen and oxygen atoms in total. The lowest BCUT2D eigenvalue weighted by molar-refractivity contribution is -0.143. The monoisotopic (exact) mass is 482 g/mol. The Bertz CT molecular complexity index is 917. The van der Waals surface area contributed by atoms with E-state index in [-0.39, 0.29) is 35.7 Å². The van der Waals surface area contributed by atoms with Crippen LogP contribution in [0.3, 0.4) is 0 Å². The van der Waals surface area contributed by atoms with E-state index in [1.807, 2.05) is 24.4 Å². The number of hydrazine groups is 1. The summed E-state index contributed by atoms with van der Waals surface area (Å²) in [6.45, 7) is 7.57. The number of pyridine rings is 1.